The van der Waals surface area contributed by atoms with Crippen LogP contribution in [0, 0.1) is 18.8 Å². The molecular formula is C15H25BrN2O. The molecule has 1 aromatic heterocycles. The van der Waals surface area contributed by atoms with Crippen LogP contribution in [-0.2, 0) is 17.9 Å². The van der Waals surface area contributed by atoms with Gasteiger partial charge < -0.3 is 4.74 Å². The Labute approximate surface area is 124 Å². The van der Waals surface area contributed by atoms with Gasteiger partial charge in [0, 0.05) is 13.2 Å². The first-order chi connectivity index (χ1) is 9.11. The van der Waals surface area contributed by atoms with Crippen molar-refractivity contribution in [2.24, 2.45) is 11.8 Å². The maximum atomic E-state index is 5.95. The van der Waals surface area contributed by atoms with Crippen molar-refractivity contribution in [1.29, 1.82) is 0 Å². The van der Waals surface area contributed by atoms with Crippen LogP contribution in [0.25, 0.3) is 0 Å². The van der Waals surface area contributed by atoms with E-state index in [9.17, 15) is 0 Å². The molecule has 1 aromatic rings. The van der Waals surface area contributed by atoms with Crippen LogP contribution in [-0.4, -0.2) is 16.4 Å². The van der Waals surface area contributed by atoms with Gasteiger partial charge in [-0.25, -0.2) is 0 Å². The van der Waals surface area contributed by atoms with Gasteiger partial charge in [0.25, 0.3) is 0 Å². The summed E-state index contributed by atoms with van der Waals surface area (Å²) in [6, 6.07) is 0. The van der Waals surface area contributed by atoms with Crippen molar-refractivity contribution < 1.29 is 4.74 Å². The smallest absolute Gasteiger partial charge is 0.0896 e. The average molecular weight is 329 g/mol. The summed E-state index contributed by atoms with van der Waals surface area (Å²) in [5.41, 5.74) is 2.22. The largest absolute Gasteiger partial charge is 0.375 e. The second-order valence-electron chi connectivity index (χ2n) is 5.81. The van der Waals surface area contributed by atoms with Crippen molar-refractivity contribution in [3.8, 4) is 0 Å². The van der Waals surface area contributed by atoms with Gasteiger partial charge in [0.15, 0.2) is 0 Å². The number of hydrogen-bond acceptors (Lipinski definition) is 2. The number of aromatic nitrogens is 2. The number of ether oxygens (including phenoxy) is 1. The van der Waals surface area contributed by atoms with Crippen molar-refractivity contribution in [1.82, 2.24) is 9.78 Å². The van der Waals surface area contributed by atoms with E-state index in [1.54, 1.807) is 0 Å². The molecule has 0 bridgehead atoms. The average Bonchev–Trinajstić information content (AvgIpc) is 2.66. The zero-order valence-corrected chi connectivity index (χ0v) is 13.9. The van der Waals surface area contributed by atoms with Crippen molar-refractivity contribution in [3.05, 3.63) is 15.9 Å². The van der Waals surface area contributed by atoms with Gasteiger partial charge in [-0.05, 0) is 54.5 Å². The molecule has 19 heavy (non-hydrogen) atoms. The molecule has 0 N–H and O–H groups in total. The lowest BCUT2D eigenvalue weighted by atomic mass is 9.83. The molecule has 0 radical (unpaired) electrons. The Kier molecular flexibility index (Phi) is 5.46. The molecule has 2 atom stereocenters. The highest BCUT2D eigenvalue weighted by Gasteiger charge is 2.19. The predicted molar refractivity (Wildman–Crippen MR) is 81.1 cm³/mol. The van der Waals surface area contributed by atoms with Crippen molar-refractivity contribution in [2.75, 3.05) is 6.61 Å². The van der Waals surface area contributed by atoms with Gasteiger partial charge in [-0.2, -0.15) is 5.10 Å². The third-order valence-corrected chi connectivity index (χ3v) is 5.12. The van der Waals surface area contributed by atoms with Gasteiger partial charge in [-0.1, -0.05) is 19.8 Å². The quantitative estimate of drug-likeness (QED) is 0.804. The predicted octanol–water partition coefficient (Wildman–Crippen LogP) is 4.32. The Hall–Kier alpha value is -0.350. The molecule has 0 aromatic carbocycles. The highest BCUT2D eigenvalue weighted by atomic mass is 79.9. The van der Waals surface area contributed by atoms with Crippen LogP contribution in [0.5, 0.6) is 0 Å². The standard InChI is InChI=1S/C15H25BrN2O/c1-4-18-14(15(16)12(3)17-18)10-19-9-13-7-5-6-11(2)8-13/h11,13H,4-10H2,1-3H3. The van der Waals surface area contributed by atoms with Gasteiger partial charge in [-0.15, -0.1) is 0 Å². The molecule has 1 fully saturated rings. The van der Waals surface area contributed by atoms with Crippen molar-refractivity contribution >= 4 is 15.9 Å². The van der Waals surface area contributed by atoms with E-state index in [-0.39, 0.29) is 0 Å². The molecule has 0 saturated heterocycles. The second kappa shape index (κ2) is 6.89. The lowest BCUT2D eigenvalue weighted by Gasteiger charge is -2.26. The molecule has 1 heterocycles. The zero-order chi connectivity index (χ0) is 13.8. The minimum Gasteiger partial charge on any atom is -0.375 e. The maximum Gasteiger partial charge on any atom is 0.0896 e. The van der Waals surface area contributed by atoms with E-state index >= 15 is 0 Å². The lowest BCUT2D eigenvalue weighted by molar-refractivity contribution is 0.0618. The number of aryl methyl sites for hydroxylation is 2. The van der Waals surface area contributed by atoms with Crippen LogP contribution >= 0.6 is 15.9 Å². The van der Waals surface area contributed by atoms with E-state index in [4.69, 9.17) is 4.74 Å². The first-order valence-corrected chi connectivity index (χ1v) is 8.20. The van der Waals surface area contributed by atoms with Crippen molar-refractivity contribution in [2.45, 2.75) is 59.6 Å². The van der Waals surface area contributed by atoms with E-state index in [0.29, 0.717) is 6.61 Å². The van der Waals surface area contributed by atoms with Gasteiger partial charge in [0.05, 0.1) is 22.5 Å². The van der Waals surface area contributed by atoms with Crippen molar-refractivity contribution in [3.63, 3.8) is 0 Å². The molecule has 0 spiro atoms. The van der Waals surface area contributed by atoms with Gasteiger partial charge >= 0.3 is 0 Å². The highest BCUT2D eigenvalue weighted by molar-refractivity contribution is 9.10. The van der Waals surface area contributed by atoms with Gasteiger partial charge in [0.2, 0.25) is 0 Å². The maximum absolute atomic E-state index is 5.95. The summed E-state index contributed by atoms with van der Waals surface area (Å²) in [6.45, 7) is 8.96. The van der Waals surface area contributed by atoms with E-state index in [1.165, 1.54) is 31.4 Å². The summed E-state index contributed by atoms with van der Waals surface area (Å²) < 4.78 is 9.09. The SMILES string of the molecule is CCn1nc(C)c(Br)c1COCC1CCCC(C)C1. The summed E-state index contributed by atoms with van der Waals surface area (Å²) in [7, 11) is 0. The van der Waals surface area contributed by atoms with Crippen LogP contribution in [0.4, 0.5) is 0 Å². The Morgan fingerprint density at radius 2 is 2.21 bits per heavy atom. The fourth-order valence-electron chi connectivity index (χ4n) is 3.04. The van der Waals surface area contributed by atoms with Crippen LogP contribution < -0.4 is 0 Å². The minimum atomic E-state index is 0.667. The van der Waals surface area contributed by atoms with Crippen LogP contribution in [0.1, 0.15) is 50.9 Å². The summed E-state index contributed by atoms with van der Waals surface area (Å²) in [5.74, 6) is 1.62. The molecule has 4 heteroatoms. The molecule has 108 valence electrons. The number of hydrogen-bond donors (Lipinski definition) is 0. The molecule has 1 saturated carbocycles. The van der Waals surface area contributed by atoms with Crippen LogP contribution in [0.15, 0.2) is 4.47 Å². The lowest BCUT2D eigenvalue weighted by Crippen LogP contribution is -2.18. The number of nitrogens with zero attached hydrogens (tertiary/aromatic N) is 2. The molecule has 3 nitrogen and oxygen atoms in total. The third kappa shape index (κ3) is 3.82. The topological polar surface area (TPSA) is 27.1 Å². The summed E-state index contributed by atoms with van der Waals surface area (Å²) in [4.78, 5) is 0. The zero-order valence-electron chi connectivity index (χ0n) is 12.3. The Morgan fingerprint density at radius 3 is 2.89 bits per heavy atom. The van der Waals surface area contributed by atoms with Gasteiger partial charge in [0.1, 0.15) is 0 Å². The molecule has 1 aliphatic rings. The second-order valence-corrected chi connectivity index (χ2v) is 6.61. The van der Waals surface area contributed by atoms with Gasteiger partial charge in [-0.3, -0.25) is 4.68 Å². The summed E-state index contributed by atoms with van der Waals surface area (Å²) in [5, 5.41) is 4.50. The Bertz CT molecular complexity index is 417. The van der Waals surface area contributed by atoms with E-state index in [0.717, 1.165) is 35.2 Å². The normalized spacial score (nSPS) is 23.8. The Morgan fingerprint density at radius 1 is 1.42 bits per heavy atom. The van der Waals surface area contributed by atoms with E-state index in [2.05, 4.69) is 34.9 Å². The van der Waals surface area contributed by atoms with Crippen LogP contribution in [0.2, 0.25) is 0 Å². The number of rotatable bonds is 5. The molecule has 0 aliphatic heterocycles. The highest BCUT2D eigenvalue weighted by Crippen LogP contribution is 2.29. The first-order valence-electron chi connectivity index (χ1n) is 7.41. The summed E-state index contributed by atoms with van der Waals surface area (Å²) >= 11 is 3.61. The summed E-state index contributed by atoms with van der Waals surface area (Å²) in [6.07, 6.45) is 5.42. The first kappa shape index (κ1) is 15.0. The molecule has 2 unspecified atom stereocenters. The fraction of sp³-hybridized carbons (Fsp3) is 0.800. The Balaban J connectivity index is 1.85. The molecular weight excluding hydrogens is 304 g/mol. The van der Waals surface area contributed by atoms with E-state index < -0.39 is 0 Å². The third-order valence-electron chi connectivity index (χ3n) is 4.09. The van der Waals surface area contributed by atoms with E-state index in [1.807, 2.05) is 11.6 Å². The van der Waals surface area contributed by atoms with Crippen LogP contribution in [0.3, 0.4) is 0 Å². The number of halogens is 1. The monoisotopic (exact) mass is 328 g/mol. The minimum absolute atomic E-state index is 0.667. The molecule has 0 amide bonds. The fourth-order valence-corrected chi connectivity index (χ4v) is 3.44. The molecule has 2 rings (SSSR count). The molecule has 1 aliphatic carbocycles.